The second kappa shape index (κ2) is 5.31. The van der Waals surface area contributed by atoms with Gasteiger partial charge in [-0.3, -0.25) is 0 Å². The summed E-state index contributed by atoms with van der Waals surface area (Å²) < 4.78 is 0. The highest BCUT2D eigenvalue weighted by molar-refractivity contribution is 4.80. The van der Waals surface area contributed by atoms with Gasteiger partial charge in [0.05, 0.1) is 0 Å². The Morgan fingerprint density at radius 3 is 2.47 bits per heavy atom. The van der Waals surface area contributed by atoms with Crippen molar-refractivity contribution in [2.75, 3.05) is 20.1 Å². The molecule has 2 rings (SSSR count). The summed E-state index contributed by atoms with van der Waals surface area (Å²) in [6.07, 6.45) is 8.60. The highest BCUT2D eigenvalue weighted by Crippen LogP contribution is 2.29. The molecule has 2 heteroatoms. The predicted molar refractivity (Wildman–Crippen MR) is 65.1 cm³/mol. The van der Waals surface area contributed by atoms with Crippen LogP contribution in [0.5, 0.6) is 0 Å². The third kappa shape index (κ3) is 3.76. The van der Waals surface area contributed by atoms with E-state index in [0.717, 1.165) is 12.0 Å². The normalized spacial score (nSPS) is 25.0. The lowest BCUT2D eigenvalue weighted by Gasteiger charge is -2.26. The fourth-order valence-electron chi connectivity index (χ4n) is 2.51. The highest BCUT2D eigenvalue weighted by Gasteiger charge is 2.24. The van der Waals surface area contributed by atoms with Crippen molar-refractivity contribution in [2.24, 2.45) is 5.92 Å². The van der Waals surface area contributed by atoms with Gasteiger partial charge < -0.3 is 10.2 Å². The minimum absolute atomic E-state index is 0.700. The lowest BCUT2D eigenvalue weighted by molar-refractivity contribution is 0.236. The molecule has 0 spiro atoms. The van der Waals surface area contributed by atoms with Gasteiger partial charge in [0, 0.05) is 25.2 Å². The topological polar surface area (TPSA) is 15.3 Å². The average Bonchev–Trinajstić information content (AvgIpc) is 2.88. The van der Waals surface area contributed by atoms with Crippen LogP contribution in [0, 0.1) is 5.92 Å². The maximum atomic E-state index is 3.71. The smallest absolute Gasteiger partial charge is 0.0189 e. The molecule has 2 aliphatic rings. The van der Waals surface area contributed by atoms with Gasteiger partial charge in [0.2, 0.25) is 0 Å². The van der Waals surface area contributed by atoms with Crippen LogP contribution >= 0.6 is 0 Å². The number of rotatable bonds is 6. The zero-order valence-electron chi connectivity index (χ0n) is 10.3. The molecular weight excluding hydrogens is 184 g/mol. The van der Waals surface area contributed by atoms with Crippen LogP contribution in [0.25, 0.3) is 0 Å². The van der Waals surface area contributed by atoms with Crippen molar-refractivity contribution in [3.05, 3.63) is 0 Å². The quantitative estimate of drug-likeness (QED) is 0.723. The summed E-state index contributed by atoms with van der Waals surface area (Å²) in [5.41, 5.74) is 0. The maximum Gasteiger partial charge on any atom is 0.0189 e. The minimum Gasteiger partial charge on any atom is -0.312 e. The van der Waals surface area contributed by atoms with Crippen LogP contribution in [0.4, 0.5) is 0 Å². The molecule has 0 aromatic carbocycles. The molecule has 0 aromatic heterocycles. The van der Waals surface area contributed by atoms with Crippen molar-refractivity contribution in [1.82, 2.24) is 10.2 Å². The lowest BCUT2D eigenvalue weighted by atomic mass is 10.2. The van der Waals surface area contributed by atoms with E-state index in [-0.39, 0.29) is 0 Å². The van der Waals surface area contributed by atoms with Gasteiger partial charge in [-0.2, -0.15) is 0 Å². The largest absolute Gasteiger partial charge is 0.312 e. The van der Waals surface area contributed by atoms with Gasteiger partial charge in [-0.05, 0) is 45.6 Å². The fraction of sp³-hybridized carbons (Fsp3) is 1.00. The second-order valence-corrected chi connectivity index (χ2v) is 5.62. The summed E-state index contributed by atoms with van der Waals surface area (Å²) in [6.45, 7) is 4.84. The van der Waals surface area contributed by atoms with E-state index in [0.29, 0.717) is 6.04 Å². The Labute approximate surface area is 94.4 Å². The van der Waals surface area contributed by atoms with Crippen LogP contribution in [0.15, 0.2) is 0 Å². The van der Waals surface area contributed by atoms with Gasteiger partial charge in [0.1, 0.15) is 0 Å². The summed E-state index contributed by atoms with van der Waals surface area (Å²) in [5.74, 6) is 1.02. The first-order chi connectivity index (χ1) is 7.25. The summed E-state index contributed by atoms with van der Waals surface area (Å²) in [4.78, 5) is 2.53. The third-order valence-corrected chi connectivity index (χ3v) is 4.05. The highest BCUT2D eigenvalue weighted by atomic mass is 15.1. The van der Waals surface area contributed by atoms with Crippen molar-refractivity contribution in [1.29, 1.82) is 0 Å². The zero-order chi connectivity index (χ0) is 10.7. The Hall–Kier alpha value is -0.0800. The molecule has 0 bridgehead atoms. The second-order valence-electron chi connectivity index (χ2n) is 5.62. The molecule has 1 N–H and O–H groups in total. The van der Waals surface area contributed by atoms with E-state index in [1.165, 1.54) is 51.6 Å². The number of nitrogens with one attached hydrogen (secondary N) is 1. The number of nitrogens with zero attached hydrogens (tertiary/aromatic N) is 1. The van der Waals surface area contributed by atoms with Crippen molar-refractivity contribution in [3.8, 4) is 0 Å². The molecule has 15 heavy (non-hydrogen) atoms. The van der Waals surface area contributed by atoms with Crippen LogP contribution in [0.3, 0.4) is 0 Å². The predicted octanol–water partition coefficient (Wildman–Crippen LogP) is 2.25. The van der Waals surface area contributed by atoms with Crippen molar-refractivity contribution in [3.63, 3.8) is 0 Å². The lowest BCUT2D eigenvalue weighted by Crippen LogP contribution is -2.41. The van der Waals surface area contributed by atoms with Crippen LogP contribution < -0.4 is 5.32 Å². The Morgan fingerprint density at radius 1 is 1.20 bits per heavy atom. The Bertz CT molecular complexity index is 183. The first kappa shape index (κ1) is 11.4. The Kier molecular flexibility index (Phi) is 4.04. The van der Waals surface area contributed by atoms with Gasteiger partial charge in [0.25, 0.3) is 0 Å². The molecule has 2 aliphatic carbocycles. The molecule has 0 radical (unpaired) electrons. The summed E-state index contributed by atoms with van der Waals surface area (Å²) in [5, 5.41) is 3.71. The molecule has 0 aromatic rings. The molecular formula is C13H26N2. The molecule has 2 fully saturated rings. The van der Waals surface area contributed by atoms with Crippen molar-refractivity contribution < 1.29 is 0 Å². The maximum absolute atomic E-state index is 3.71. The Morgan fingerprint density at radius 2 is 1.87 bits per heavy atom. The molecule has 1 atom stereocenters. The van der Waals surface area contributed by atoms with Gasteiger partial charge in [-0.25, -0.2) is 0 Å². The molecule has 0 amide bonds. The van der Waals surface area contributed by atoms with E-state index in [2.05, 4.69) is 24.2 Å². The van der Waals surface area contributed by atoms with Crippen LogP contribution in [0.2, 0.25) is 0 Å². The summed E-state index contributed by atoms with van der Waals surface area (Å²) in [7, 11) is 2.28. The first-order valence-corrected chi connectivity index (χ1v) is 6.69. The van der Waals surface area contributed by atoms with Gasteiger partial charge >= 0.3 is 0 Å². The van der Waals surface area contributed by atoms with E-state index < -0.39 is 0 Å². The van der Waals surface area contributed by atoms with E-state index in [1.54, 1.807) is 0 Å². The van der Waals surface area contributed by atoms with Gasteiger partial charge in [-0.15, -0.1) is 0 Å². The zero-order valence-corrected chi connectivity index (χ0v) is 10.3. The van der Waals surface area contributed by atoms with Crippen molar-refractivity contribution in [2.45, 2.75) is 57.5 Å². The van der Waals surface area contributed by atoms with Crippen LogP contribution in [-0.4, -0.2) is 37.1 Å². The SMILES string of the molecule is CC(CNC1CCCC1)N(C)CC1CC1. The number of hydrogen-bond donors (Lipinski definition) is 1. The third-order valence-electron chi connectivity index (χ3n) is 4.05. The average molecular weight is 210 g/mol. The van der Waals surface area contributed by atoms with E-state index >= 15 is 0 Å². The van der Waals surface area contributed by atoms with E-state index in [9.17, 15) is 0 Å². The first-order valence-electron chi connectivity index (χ1n) is 6.69. The molecule has 1 unspecified atom stereocenters. The van der Waals surface area contributed by atoms with Gasteiger partial charge in [0.15, 0.2) is 0 Å². The standard InChI is InChI=1S/C13H26N2/c1-11(15(2)10-12-7-8-12)9-14-13-5-3-4-6-13/h11-14H,3-10H2,1-2H3. The Balaban J connectivity index is 1.59. The molecule has 2 nitrogen and oxygen atoms in total. The molecule has 88 valence electrons. The molecule has 0 saturated heterocycles. The van der Waals surface area contributed by atoms with E-state index in [1.807, 2.05) is 0 Å². The van der Waals surface area contributed by atoms with Gasteiger partial charge in [-0.1, -0.05) is 12.8 Å². The number of likely N-dealkylation sites (N-methyl/N-ethyl adjacent to an activating group) is 1. The molecule has 0 aliphatic heterocycles. The number of hydrogen-bond acceptors (Lipinski definition) is 2. The monoisotopic (exact) mass is 210 g/mol. The van der Waals surface area contributed by atoms with Crippen LogP contribution in [-0.2, 0) is 0 Å². The van der Waals surface area contributed by atoms with E-state index in [4.69, 9.17) is 0 Å². The molecule has 2 saturated carbocycles. The summed E-state index contributed by atoms with van der Waals surface area (Å²) in [6, 6.07) is 1.52. The minimum atomic E-state index is 0.700. The van der Waals surface area contributed by atoms with Crippen LogP contribution in [0.1, 0.15) is 45.4 Å². The summed E-state index contributed by atoms with van der Waals surface area (Å²) >= 11 is 0. The molecule has 0 heterocycles. The fourth-order valence-corrected chi connectivity index (χ4v) is 2.51. The van der Waals surface area contributed by atoms with Crippen molar-refractivity contribution >= 4 is 0 Å².